The fourth-order valence-electron chi connectivity index (χ4n) is 2.14. The van der Waals surface area contributed by atoms with Gasteiger partial charge in [0.1, 0.15) is 0 Å². The third-order valence-electron chi connectivity index (χ3n) is 3.56. The SMILES string of the molecule is CN(C)C(=O)C(NC(=O)c1ccc(Cl)cc1Cl)S(=O)(=O)c1ccc(Cl)cc1. The van der Waals surface area contributed by atoms with Gasteiger partial charge in [0.05, 0.1) is 15.5 Å². The molecule has 0 saturated heterocycles. The predicted octanol–water partition coefficient (Wildman–Crippen LogP) is 3.26. The standard InChI is InChI=1S/C17H15Cl3N2O4S/c1-22(2)17(24)16(27(25,26)12-6-3-10(18)4-7-12)21-15(23)13-8-5-11(19)9-14(13)20/h3-9,16H,1-2H3,(H,21,23). The van der Waals surface area contributed by atoms with Gasteiger partial charge in [0, 0.05) is 24.1 Å². The van der Waals surface area contributed by atoms with E-state index in [9.17, 15) is 18.0 Å². The average Bonchev–Trinajstić information content (AvgIpc) is 2.59. The number of halogens is 3. The van der Waals surface area contributed by atoms with Gasteiger partial charge in [0.2, 0.25) is 15.2 Å². The van der Waals surface area contributed by atoms with Crippen LogP contribution in [0.15, 0.2) is 47.4 Å². The maximum atomic E-state index is 12.9. The van der Waals surface area contributed by atoms with Crippen LogP contribution in [0.5, 0.6) is 0 Å². The quantitative estimate of drug-likeness (QED) is 0.759. The van der Waals surface area contributed by atoms with Gasteiger partial charge in [-0.3, -0.25) is 9.59 Å². The van der Waals surface area contributed by atoms with Crippen molar-refractivity contribution >= 4 is 56.5 Å². The summed E-state index contributed by atoms with van der Waals surface area (Å²) >= 11 is 17.6. The number of hydrogen-bond donors (Lipinski definition) is 1. The number of nitrogens with one attached hydrogen (secondary N) is 1. The van der Waals surface area contributed by atoms with Crippen molar-refractivity contribution in [3.63, 3.8) is 0 Å². The molecular formula is C17H15Cl3N2O4S. The molecule has 1 atom stereocenters. The Hall–Kier alpha value is -1.80. The summed E-state index contributed by atoms with van der Waals surface area (Å²) in [5.74, 6) is -1.64. The van der Waals surface area contributed by atoms with Crippen LogP contribution in [0, 0.1) is 0 Å². The summed E-state index contributed by atoms with van der Waals surface area (Å²) < 4.78 is 25.9. The number of carbonyl (C=O) groups excluding carboxylic acids is 2. The Balaban J connectivity index is 2.44. The summed E-state index contributed by atoms with van der Waals surface area (Å²) in [6.07, 6.45) is 0. The van der Waals surface area contributed by atoms with Gasteiger partial charge >= 0.3 is 0 Å². The zero-order chi connectivity index (χ0) is 20.4. The summed E-state index contributed by atoms with van der Waals surface area (Å²) in [6.45, 7) is 0. The minimum atomic E-state index is -4.24. The summed E-state index contributed by atoms with van der Waals surface area (Å²) in [5, 5.41) is 1.08. The molecule has 144 valence electrons. The summed E-state index contributed by atoms with van der Waals surface area (Å²) in [7, 11) is -1.47. The highest BCUT2D eigenvalue weighted by Crippen LogP contribution is 2.23. The highest BCUT2D eigenvalue weighted by atomic mass is 35.5. The monoisotopic (exact) mass is 448 g/mol. The topological polar surface area (TPSA) is 83.6 Å². The number of carbonyl (C=O) groups is 2. The average molecular weight is 450 g/mol. The van der Waals surface area contributed by atoms with Gasteiger partial charge in [0.25, 0.3) is 11.8 Å². The third-order valence-corrected chi connectivity index (χ3v) is 6.22. The van der Waals surface area contributed by atoms with Crippen molar-refractivity contribution in [2.24, 2.45) is 0 Å². The van der Waals surface area contributed by atoms with Crippen LogP contribution in [-0.2, 0) is 14.6 Å². The van der Waals surface area contributed by atoms with Gasteiger partial charge in [-0.05, 0) is 42.5 Å². The molecule has 0 aromatic heterocycles. The van der Waals surface area contributed by atoms with E-state index in [1.54, 1.807) is 0 Å². The van der Waals surface area contributed by atoms with Crippen LogP contribution in [0.4, 0.5) is 0 Å². The fourth-order valence-corrected chi connectivity index (χ4v) is 4.28. The highest BCUT2D eigenvalue weighted by Gasteiger charge is 2.37. The number of hydrogen-bond acceptors (Lipinski definition) is 4. The van der Waals surface area contributed by atoms with Gasteiger partial charge in [0.15, 0.2) is 0 Å². The van der Waals surface area contributed by atoms with Crippen LogP contribution in [0.25, 0.3) is 0 Å². The molecule has 0 bridgehead atoms. The van der Waals surface area contributed by atoms with Crippen molar-refractivity contribution < 1.29 is 18.0 Å². The Morgan fingerprint density at radius 1 is 0.963 bits per heavy atom. The molecule has 2 aromatic carbocycles. The second-order valence-corrected chi connectivity index (χ2v) is 9.02. The molecule has 0 radical (unpaired) electrons. The molecule has 6 nitrogen and oxygen atoms in total. The summed E-state index contributed by atoms with van der Waals surface area (Å²) in [5.41, 5.74) is -0.0103. The molecule has 0 aliphatic carbocycles. The van der Waals surface area contributed by atoms with Crippen molar-refractivity contribution in [3.8, 4) is 0 Å². The molecule has 2 aromatic rings. The van der Waals surface area contributed by atoms with Crippen LogP contribution in [0.2, 0.25) is 15.1 Å². The van der Waals surface area contributed by atoms with Crippen molar-refractivity contribution in [1.82, 2.24) is 10.2 Å². The Morgan fingerprint density at radius 2 is 1.52 bits per heavy atom. The maximum absolute atomic E-state index is 12.9. The number of nitrogens with zero attached hydrogens (tertiary/aromatic N) is 1. The number of likely N-dealkylation sites (N-methyl/N-ethyl adjacent to an activating group) is 1. The first-order chi connectivity index (χ1) is 12.5. The molecule has 0 fully saturated rings. The first kappa shape index (κ1) is 21.5. The second-order valence-electron chi connectivity index (χ2n) is 5.71. The minimum absolute atomic E-state index is 0.0103. The van der Waals surface area contributed by atoms with Gasteiger partial charge in [-0.15, -0.1) is 0 Å². The normalized spacial score (nSPS) is 12.3. The Bertz CT molecular complexity index is 976. The third kappa shape index (κ3) is 4.93. The zero-order valence-electron chi connectivity index (χ0n) is 14.2. The summed E-state index contributed by atoms with van der Waals surface area (Å²) in [4.78, 5) is 26.0. The van der Waals surface area contributed by atoms with Gasteiger partial charge in [-0.2, -0.15) is 0 Å². The van der Waals surface area contributed by atoms with Crippen LogP contribution in [-0.4, -0.2) is 44.6 Å². The largest absolute Gasteiger partial charge is 0.346 e. The van der Waals surface area contributed by atoms with Crippen LogP contribution in [0.3, 0.4) is 0 Å². The molecule has 0 aliphatic rings. The molecule has 1 unspecified atom stereocenters. The number of rotatable bonds is 5. The van der Waals surface area contributed by atoms with Crippen LogP contribution in [0.1, 0.15) is 10.4 Å². The summed E-state index contributed by atoms with van der Waals surface area (Å²) in [6, 6.07) is 9.39. The Kier molecular flexibility index (Phi) is 6.75. The zero-order valence-corrected chi connectivity index (χ0v) is 17.3. The fraction of sp³-hybridized carbons (Fsp3) is 0.176. The molecule has 1 N–H and O–H groups in total. The van der Waals surface area contributed by atoms with Crippen LogP contribution < -0.4 is 5.32 Å². The first-order valence-electron chi connectivity index (χ1n) is 7.50. The van der Waals surface area contributed by atoms with Crippen LogP contribution >= 0.6 is 34.8 Å². The molecule has 0 saturated carbocycles. The van der Waals surface area contributed by atoms with E-state index >= 15 is 0 Å². The van der Waals surface area contributed by atoms with E-state index in [-0.39, 0.29) is 15.5 Å². The first-order valence-corrected chi connectivity index (χ1v) is 10.2. The molecule has 2 amide bonds. The van der Waals surface area contributed by atoms with Crippen molar-refractivity contribution in [1.29, 1.82) is 0 Å². The number of benzene rings is 2. The predicted molar refractivity (Wildman–Crippen MR) is 105 cm³/mol. The number of amides is 2. The van der Waals surface area contributed by atoms with E-state index in [0.717, 1.165) is 4.90 Å². The van der Waals surface area contributed by atoms with Crippen molar-refractivity contribution in [3.05, 3.63) is 63.1 Å². The molecule has 2 rings (SSSR count). The van der Waals surface area contributed by atoms with E-state index in [1.807, 2.05) is 0 Å². The van der Waals surface area contributed by atoms with Gasteiger partial charge < -0.3 is 10.2 Å². The molecule has 10 heteroatoms. The van der Waals surface area contributed by atoms with Crippen molar-refractivity contribution in [2.45, 2.75) is 10.3 Å². The van der Waals surface area contributed by atoms with Gasteiger partial charge in [-0.1, -0.05) is 34.8 Å². The number of sulfone groups is 1. The lowest BCUT2D eigenvalue weighted by Crippen LogP contribution is -2.50. The Morgan fingerprint density at radius 3 is 2.04 bits per heavy atom. The lowest BCUT2D eigenvalue weighted by Gasteiger charge is -2.22. The molecule has 27 heavy (non-hydrogen) atoms. The second kappa shape index (κ2) is 8.48. The van der Waals surface area contributed by atoms with E-state index in [2.05, 4.69) is 5.32 Å². The lowest BCUT2D eigenvalue weighted by molar-refractivity contribution is -0.128. The van der Waals surface area contributed by atoms with E-state index in [0.29, 0.717) is 10.0 Å². The van der Waals surface area contributed by atoms with E-state index < -0.39 is 27.0 Å². The minimum Gasteiger partial charge on any atom is -0.346 e. The smallest absolute Gasteiger partial charge is 0.260 e. The Labute approximate surface area is 171 Å². The highest BCUT2D eigenvalue weighted by molar-refractivity contribution is 7.92. The maximum Gasteiger partial charge on any atom is 0.260 e. The molecule has 0 spiro atoms. The molecule has 0 heterocycles. The van der Waals surface area contributed by atoms with Gasteiger partial charge in [-0.25, -0.2) is 8.42 Å². The molecular weight excluding hydrogens is 435 g/mol. The molecule has 0 aliphatic heterocycles. The van der Waals surface area contributed by atoms with Crippen molar-refractivity contribution in [2.75, 3.05) is 14.1 Å². The van der Waals surface area contributed by atoms with E-state index in [4.69, 9.17) is 34.8 Å². The van der Waals surface area contributed by atoms with E-state index in [1.165, 1.54) is 56.6 Å². The lowest BCUT2D eigenvalue weighted by atomic mass is 10.2.